The van der Waals surface area contributed by atoms with Crippen LogP contribution in [0.25, 0.3) is 0 Å². The van der Waals surface area contributed by atoms with Gasteiger partial charge in [0.2, 0.25) is 0 Å². The predicted molar refractivity (Wildman–Crippen MR) is 67.0 cm³/mol. The fraction of sp³-hybridized carbons (Fsp3) is 0.500. The molecule has 92 valence electrons. The highest BCUT2D eigenvalue weighted by Gasteiger charge is 2.36. The highest BCUT2D eigenvalue weighted by Crippen LogP contribution is 2.31. The third-order valence-electron chi connectivity index (χ3n) is 3.24. The minimum Gasteiger partial charge on any atom is -0.481 e. The molecule has 1 heterocycles. The lowest BCUT2D eigenvalue weighted by Crippen LogP contribution is -2.54. The van der Waals surface area contributed by atoms with E-state index in [2.05, 4.69) is 18.7 Å². The summed E-state index contributed by atoms with van der Waals surface area (Å²) in [6.07, 6.45) is 0. The Morgan fingerprint density at radius 2 is 1.94 bits per heavy atom. The van der Waals surface area contributed by atoms with Gasteiger partial charge >= 0.3 is 5.97 Å². The number of carbonyl (C=O) groups is 1. The summed E-state index contributed by atoms with van der Waals surface area (Å²) in [5.41, 5.74) is 1.24. The molecule has 2 rings (SSSR count). The smallest absolute Gasteiger partial charge is 0.312 e. The molecule has 1 atom stereocenters. The molecule has 3 nitrogen and oxygen atoms in total. The molecule has 1 N–H and O–H groups in total. The molecule has 0 amide bonds. The van der Waals surface area contributed by atoms with E-state index in [1.54, 1.807) is 0 Å². The molecule has 0 saturated carbocycles. The predicted octanol–water partition coefficient (Wildman–Crippen LogP) is 2.20. The zero-order valence-corrected chi connectivity index (χ0v) is 10.4. The first-order valence-corrected chi connectivity index (χ1v) is 5.98. The van der Waals surface area contributed by atoms with Gasteiger partial charge in [-0.1, -0.05) is 44.2 Å². The molecule has 1 unspecified atom stereocenters. The third kappa shape index (κ3) is 2.86. The van der Waals surface area contributed by atoms with Crippen molar-refractivity contribution in [3.8, 4) is 0 Å². The number of likely N-dealkylation sites (tertiary alicyclic amines) is 1. The van der Waals surface area contributed by atoms with Crippen molar-refractivity contribution in [3.63, 3.8) is 0 Å². The second-order valence-electron chi connectivity index (χ2n) is 5.64. The Morgan fingerprint density at radius 3 is 2.41 bits per heavy atom. The molecule has 3 heteroatoms. The molecule has 0 aromatic heterocycles. The number of aliphatic carboxylic acids is 1. The average molecular weight is 233 g/mol. The zero-order chi connectivity index (χ0) is 12.5. The van der Waals surface area contributed by atoms with Gasteiger partial charge in [0.15, 0.2) is 0 Å². The minimum atomic E-state index is -0.735. The van der Waals surface area contributed by atoms with Gasteiger partial charge < -0.3 is 10.0 Å². The Balaban J connectivity index is 2.02. The summed E-state index contributed by atoms with van der Waals surface area (Å²) in [4.78, 5) is 13.5. The Bertz CT molecular complexity index is 392. The summed E-state index contributed by atoms with van der Waals surface area (Å²) in [5, 5.41) is 9.30. The van der Waals surface area contributed by atoms with Crippen LogP contribution in [-0.4, -0.2) is 35.6 Å². The van der Waals surface area contributed by atoms with Crippen LogP contribution < -0.4 is 0 Å². The molecule has 1 aromatic rings. The van der Waals surface area contributed by atoms with Crippen LogP contribution in [-0.2, 0) is 4.79 Å². The molecule has 0 spiro atoms. The van der Waals surface area contributed by atoms with Crippen LogP contribution in [0.4, 0.5) is 0 Å². The van der Waals surface area contributed by atoms with E-state index in [1.165, 1.54) is 0 Å². The normalized spacial score (nSPS) is 20.6. The number of carboxylic acid groups (broad SMARTS) is 1. The van der Waals surface area contributed by atoms with Crippen LogP contribution >= 0.6 is 0 Å². The summed E-state index contributed by atoms with van der Waals surface area (Å²) >= 11 is 0. The van der Waals surface area contributed by atoms with Gasteiger partial charge in [0, 0.05) is 19.6 Å². The summed E-state index contributed by atoms with van der Waals surface area (Å²) in [6.45, 7) is 7.01. The number of carboxylic acids is 1. The summed E-state index contributed by atoms with van der Waals surface area (Å²) in [7, 11) is 0. The lowest BCUT2D eigenvalue weighted by Gasteiger charge is -2.46. The average Bonchev–Trinajstić information content (AvgIpc) is 2.23. The van der Waals surface area contributed by atoms with E-state index in [4.69, 9.17) is 0 Å². The van der Waals surface area contributed by atoms with Crippen LogP contribution in [0.5, 0.6) is 0 Å². The first kappa shape index (κ1) is 12.1. The largest absolute Gasteiger partial charge is 0.481 e. The number of nitrogens with zero attached hydrogens (tertiary/aromatic N) is 1. The zero-order valence-electron chi connectivity index (χ0n) is 10.4. The van der Waals surface area contributed by atoms with Crippen molar-refractivity contribution in [2.45, 2.75) is 19.8 Å². The molecule has 1 saturated heterocycles. The van der Waals surface area contributed by atoms with Gasteiger partial charge in [-0.2, -0.15) is 0 Å². The van der Waals surface area contributed by atoms with E-state index in [0.29, 0.717) is 12.0 Å². The van der Waals surface area contributed by atoms with Crippen molar-refractivity contribution >= 4 is 5.97 Å². The molecule has 0 radical (unpaired) electrons. The van der Waals surface area contributed by atoms with E-state index in [0.717, 1.165) is 18.7 Å². The topological polar surface area (TPSA) is 40.5 Å². The fourth-order valence-corrected chi connectivity index (χ4v) is 2.56. The van der Waals surface area contributed by atoms with E-state index >= 15 is 0 Å². The molecule has 0 aliphatic carbocycles. The molecule has 1 aliphatic heterocycles. The summed E-state index contributed by atoms with van der Waals surface area (Å²) in [5.74, 6) is -1.15. The van der Waals surface area contributed by atoms with Gasteiger partial charge in [-0.05, 0) is 11.0 Å². The Hall–Kier alpha value is -1.35. The van der Waals surface area contributed by atoms with E-state index in [-0.39, 0.29) is 0 Å². The maximum Gasteiger partial charge on any atom is 0.312 e. The van der Waals surface area contributed by atoms with Crippen molar-refractivity contribution in [2.24, 2.45) is 5.41 Å². The highest BCUT2D eigenvalue weighted by atomic mass is 16.4. The molecule has 1 aliphatic rings. The van der Waals surface area contributed by atoms with Crippen molar-refractivity contribution in [3.05, 3.63) is 35.9 Å². The maximum absolute atomic E-state index is 11.3. The Kier molecular flexibility index (Phi) is 3.20. The van der Waals surface area contributed by atoms with Gasteiger partial charge in [0.05, 0.1) is 5.92 Å². The number of rotatable bonds is 4. The number of hydrogen-bond acceptors (Lipinski definition) is 2. The highest BCUT2D eigenvalue weighted by molar-refractivity contribution is 5.76. The second-order valence-corrected chi connectivity index (χ2v) is 5.64. The fourth-order valence-electron chi connectivity index (χ4n) is 2.56. The summed E-state index contributed by atoms with van der Waals surface area (Å²) < 4.78 is 0. The van der Waals surface area contributed by atoms with E-state index in [1.807, 2.05) is 30.3 Å². The quantitative estimate of drug-likeness (QED) is 0.866. The van der Waals surface area contributed by atoms with Gasteiger partial charge in [0.25, 0.3) is 0 Å². The monoisotopic (exact) mass is 233 g/mol. The van der Waals surface area contributed by atoms with Crippen LogP contribution in [0.15, 0.2) is 30.3 Å². The van der Waals surface area contributed by atoms with Crippen LogP contribution in [0.2, 0.25) is 0 Å². The Labute approximate surface area is 102 Å². The first-order chi connectivity index (χ1) is 7.98. The second kappa shape index (κ2) is 4.49. The van der Waals surface area contributed by atoms with Crippen molar-refractivity contribution in [1.29, 1.82) is 0 Å². The van der Waals surface area contributed by atoms with Gasteiger partial charge in [-0.15, -0.1) is 0 Å². The van der Waals surface area contributed by atoms with Crippen LogP contribution in [0.1, 0.15) is 25.3 Å². The molecular formula is C14H19NO2. The lowest BCUT2D eigenvalue weighted by molar-refractivity contribution is -0.140. The lowest BCUT2D eigenvalue weighted by atomic mass is 9.83. The number of hydrogen-bond donors (Lipinski definition) is 1. The molecule has 1 fully saturated rings. The molecule has 17 heavy (non-hydrogen) atoms. The van der Waals surface area contributed by atoms with Crippen molar-refractivity contribution < 1.29 is 9.90 Å². The van der Waals surface area contributed by atoms with Crippen molar-refractivity contribution in [2.75, 3.05) is 19.6 Å². The SMILES string of the molecule is CC1(C)CN(CC(C(=O)O)c2ccccc2)C1. The summed E-state index contributed by atoms with van der Waals surface area (Å²) in [6, 6.07) is 9.49. The number of benzene rings is 1. The molecular weight excluding hydrogens is 214 g/mol. The van der Waals surface area contributed by atoms with Gasteiger partial charge in [0.1, 0.15) is 0 Å². The van der Waals surface area contributed by atoms with Crippen LogP contribution in [0, 0.1) is 5.41 Å². The maximum atomic E-state index is 11.3. The molecule has 1 aromatic carbocycles. The van der Waals surface area contributed by atoms with Gasteiger partial charge in [-0.25, -0.2) is 0 Å². The third-order valence-corrected chi connectivity index (χ3v) is 3.24. The van der Waals surface area contributed by atoms with E-state index < -0.39 is 11.9 Å². The van der Waals surface area contributed by atoms with Crippen molar-refractivity contribution in [1.82, 2.24) is 4.90 Å². The standard InChI is InChI=1S/C14H19NO2/c1-14(2)9-15(10-14)8-12(13(16)17)11-6-4-3-5-7-11/h3-7,12H,8-10H2,1-2H3,(H,16,17). The minimum absolute atomic E-state index is 0.347. The Morgan fingerprint density at radius 1 is 1.35 bits per heavy atom. The van der Waals surface area contributed by atoms with Gasteiger partial charge in [-0.3, -0.25) is 4.79 Å². The van der Waals surface area contributed by atoms with Crippen LogP contribution in [0.3, 0.4) is 0 Å². The molecule has 0 bridgehead atoms. The van der Waals surface area contributed by atoms with E-state index in [9.17, 15) is 9.90 Å². The first-order valence-electron chi connectivity index (χ1n) is 5.98.